The minimum Gasteiger partial charge on any atom is -0.378 e. The summed E-state index contributed by atoms with van der Waals surface area (Å²) >= 11 is 1.40. The van der Waals surface area contributed by atoms with Gasteiger partial charge in [0.1, 0.15) is 33.7 Å². The molecule has 0 radical (unpaired) electrons. The summed E-state index contributed by atoms with van der Waals surface area (Å²) in [4.78, 5) is 69.7. The van der Waals surface area contributed by atoms with Crippen molar-refractivity contribution in [2.75, 3.05) is 52.0 Å². The van der Waals surface area contributed by atoms with E-state index in [1.165, 1.54) is 21.2 Å². The first kappa shape index (κ1) is 48.7. The number of methoxy groups -OCH3 is 1. The van der Waals surface area contributed by atoms with Crippen molar-refractivity contribution in [1.29, 1.82) is 0 Å². The molecular formula is C49H66N8O8S2. The fraction of sp³-hybridized carbons (Fsp3) is 0.592. The van der Waals surface area contributed by atoms with E-state index in [1.807, 2.05) is 32.2 Å². The largest absolute Gasteiger partial charge is 0.378 e. The van der Waals surface area contributed by atoms with Crippen molar-refractivity contribution in [3.63, 3.8) is 0 Å². The summed E-state index contributed by atoms with van der Waals surface area (Å²) < 4.78 is 39.3. The number of hydrogen-bond acceptors (Lipinski definition) is 12. The van der Waals surface area contributed by atoms with E-state index < -0.39 is 50.2 Å². The first-order valence-electron chi connectivity index (χ1n) is 23.6. The number of ether oxygens (including phenoxy) is 2. The number of aromatic nitrogens is 3. The van der Waals surface area contributed by atoms with Crippen LogP contribution in [0.2, 0.25) is 0 Å². The quantitative estimate of drug-likeness (QED) is 0.188. The Hall–Kier alpha value is -4.75. The number of nitrogens with zero attached hydrogens (tertiary/aromatic N) is 6. The van der Waals surface area contributed by atoms with Gasteiger partial charge in [0.05, 0.1) is 52.9 Å². The zero-order valence-corrected chi connectivity index (χ0v) is 41.7. The number of nitrogens with one attached hydrogen (secondary N) is 2. The lowest BCUT2D eigenvalue weighted by molar-refractivity contribution is -0.147. The van der Waals surface area contributed by atoms with Crippen molar-refractivity contribution < 1.29 is 37.1 Å². The highest BCUT2D eigenvalue weighted by atomic mass is 32.2. The highest BCUT2D eigenvalue weighted by molar-refractivity contribution is 7.91. The Balaban J connectivity index is 1.16. The zero-order chi connectivity index (χ0) is 48.1. The number of sulfone groups is 1. The number of rotatable bonds is 9. The van der Waals surface area contributed by atoms with Gasteiger partial charge in [0.15, 0.2) is 0 Å². The van der Waals surface area contributed by atoms with Gasteiger partial charge in [-0.15, -0.1) is 11.3 Å². The fourth-order valence-corrected chi connectivity index (χ4v) is 13.1. The number of aldehydes is 1. The normalized spacial score (nSPS) is 23.6. The number of hydrazine groups is 1. The Labute approximate surface area is 398 Å². The SMILES string of the molecule is CCn1c(-c2cccnc2[C@H](C)OC)c2c3cc(ccc31)-c1csc(n1)C[C@H](NC(=O)[C@H](C(C)C)N(C)C(=O)N1CCC13CCS(=O)(=O)CC3)C(=O)N1CCC[C@](C=O)(COCC(C)(C)C2)N1. The van der Waals surface area contributed by atoms with Crippen molar-refractivity contribution in [3.05, 3.63) is 58.2 Å². The molecule has 3 fully saturated rings. The molecule has 1 aromatic carbocycles. The summed E-state index contributed by atoms with van der Waals surface area (Å²) in [6.45, 7) is 14.0. The van der Waals surface area contributed by atoms with Crippen LogP contribution in [0.3, 0.4) is 0 Å². The highest BCUT2D eigenvalue weighted by Crippen LogP contribution is 2.43. The Morgan fingerprint density at radius 1 is 1.10 bits per heavy atom. The van der Waals surface area contributed by atoms with Crippen LogP contribution in [0.1, 0.15) is 96.0 Å². The molecule has 4 aromatic rings. The van der Waals surface area contributed by atoms with Crippen LogP contribution in [0.25, 0.3) is 33.4 Å². The van der Waals surface area contributed by atoms with Crippen LogP contribution in [-0.2, 0) is 53.1 Å². The van der Waals surface area contributed by atoms with E-state index in [-0.39, 0.29) is 42.6 Å². The molecule has 0 saturated carbocycles. The minimum absolute atomic E-state index is 0.0225. The molecule has 0 aliphatic carbocycles. The topological polar surface area (TPSA) is 185 Å². The van der Waals surface area contributed by atoms with Gasteiger partial charge in [0, 0.05) is 79.4 Å². The number of likely N-dealkylation sites (tertiary alicyclic amines) is 1. The second kappa shape index (κ2) is 19.0. The molecule has 4 aliphatic rings. The molecule has 3 aromatic heterocycles. The number of amides is 4. The Kier molecular flexibility index (Phi) is 13.8. The second-order valence-electron chi connectivity index (χ2n) is 20.2. The molecule has 16 nitrogen and oxygen atoms in total. The molecule has 4 aliphatic heterocycles. The molecule has 18 heteroatoms. The fourth-order valence-electron chi connectivity index (χ4n) is 10.7. The van der Waals surface area contributed by atoms with Gasteiger partial charge >= 0.3 is 6.03 Å². The van der Waals surface area contributed by atoms with Gasteiger partial charge in [-0.25, -0.2) is 23.6 Å². The van der Waals surface area contributed by atoms with Gasteiger partial charge in [0.2, 0.25) is 5.91 Å². The number of fused-ring (bicyclic) bond motifs is 6. The van der Waals surface area contributed by atoms with Crippen LogP contribution in [-0.4, -0.2) is 137 Å². The van der Waals surface area contributed by atoms with Crippen LogP contribution in [0.5, 0.6) is 0 Å². The predicted octanol–water partition coefficient (Wildman–Crippen LogP) is 5.97. The smallest absolute Gasteiger partial charge is 0.320 e. The molecule has 2 N–H and O–H groups in total. The van der Waals surface area contributed by atoms with E-state index >= 15 is 0 Å². The molecule has 7 heterocycles. The maximum Gasteiger partial charge on any atom is 0.320 e. The van der Waals surface area contributed by atoms with Gasteiger partial charge in [0.25, 0.3) is 5.91 Å². The average molecular weight is 959 g/mol. The van der Waals surface area contributed by atoms with E-state index in [0.29, 0.717) is 69.8 Å². The van der Waals surface area contributed by atoms with Gasteiger partial charge in [-0.3, -0.25) is 19.6 Å². The summed E-state index contributed by atoms with van der Waals surface area (Å²) in [6.07, 6.45) is 5.49. The molecule has 0 unspecified atom stereocenters. The third-order valence-corrected chi connectivity index (χ3v) is 17.0. The number of carbonyl (C=O) groups excluding carboxylic acids is 4. The molecule has 4 amide bonds. The number of aryl methyl sites for hydroxylation is 1. The van der Waals surface area contributed by atoms with Crippen LogP contribution < -0.4 is 10.7 Å². The summed E-state index contributed by atoms with van der Waals surface area (Å²) in [5.41, 5.74) is 7.82. The van der Waals surface area contributed by atoms with Gasteiger partial charge in [-0.2, -0.15) is 0 Å². The van der Waals surface area contributed by atoms with Crippen molar-refractivity contribution in [1.82, 2.24) is 40.1 Å². The summed E-state index contributed by atoms with van der Waals surface area (Å²) in [5.74, 6) is -1.22. The number of urea groups is 1. The van der Waals surface area contributed by atoms with Crippen LogP contribution in [0.4, 0.5) is 4.79 Å². The van der Waals surface area contributed by atoms with E-state index in [1.54, 1.807) is 25.3 Å². The third-order valence-electron chi connectivity index (χ3n) is 14.5. The highest BCUT2D eigenvalue weighted by Gasteiger charge is 2.52. The predicted molar refractivity (Wildman–Crippen MR) is 258 cm³/mol. The van der Waals surface area contributed by atoms with Crippen LogP contribution >= 0.6 is 11.3 Å². The molecule has 4 atom stereocenters. The second-order valence-corrected chi connectivity index (χ2v) is 23.4. The number of pyridine rings is 1. The molecular weight excluding hydrogens is 893 g/mol. The van der Waals surface area contributed by atoms with Gasteiger partial charge in [-0.1, -0.05) is 33.8 Å². The Morgan fingerprint density at radius 3 is 2.54 bits per heavy atom. The van der Waals surface area contributed by atoms with E-state index in [0.717, 1.165) is 51.0 Å². The minimum atomic E-state index is -3.15. The van der Waals surface area contributed by atoms with E-state index in [2.05, 4.69) is 60.3 Å². The first-order chi connectivity index (χ1) is 31.8. The average Bonchev–Trinajstić information content (AvgIpc) is 3.89. The standard InChI is InChI=1S/C49H66N8O8S2/c1-9-55-39-14-13-33-24-35(39)36(43(55)34-12-10-19-50-41(34)32(4)64-8)26-47(5,6)29-65-30-48(28-58)15-11-20-57(53-48)45(60)37(25-40-51-38(33)27-66-40)52-44(59)42(31(2)3)54(7)46(61)56-21-16-49(56)17-22-67(62,63)23-18-49/h10,12-14,19,24,27-28,31-32,37,42,53H,9,11,15-18,20-23,25-26,29-30H2,1-8H3,(H,52,59)/t32-,37-,42-,48-/m0/s1. The lowest BCUT2D eigenvalue weighted by Gasteiger charge is -2.56. The summed E-state index contributed by atoms with van der Waals surface area (Å²) in [7, 11) is 0.135. The number of carbonyl (C=O) groups is 4. The molecule has 1 spiro atoms. The summed E-state index contributed by atoms with van der Waals surface area (Å²) in [6, 6.07) is 8.07. The van der Waals surface area contributed by atoms with Crippen LogP contribution in [0.15, 0.2) is 41.9 Å². The van der Waals surface area contributed by atoms with E-state index in [4.69, 9.17) is 19.4 Å². The maximum absolute atomic E-state index is 14.8. The van der Waals surface area contributed by atoms with Crippen molar-refractivity contribution in [3.8, 4) is 22.5 Å². The number of thiazole rings is 1. The number of benzene rings is 1. The number of likely N-dealkylation sites (N-methyl/N-ethyl adjacent to an activating group) is 1. The van der Waals surface area contributed by atoms with Crippen molar-refractivity contribution in [2.24, 2.45) is 11.3 Å². The van der Waals surface area contributed by atoms with Crippen molar-refractivity contribution in [2.45, 2.75) is 122 Å². The van der Waals surface area contributed by atoms with Crippen LogP contribution in [0, 0.1) is 11.3 Å². The van der Waals surface area contributed by atoms with E-state index in [9.17, 15) is 27.6 Å². The Bertz CT molecular complexity index is 2630. The summed E-state index contributed by atoms with van der Waals surface area (Å²) in [5, 5.41) is 8.14. The molecule has 6 bridgehead atoms. The molecule has 8 rings (SSSR count). The Morgan fingerprint density at radius 2 is 1.87 bits per heavy atom. The first-order valence-corrected chi connectivity index (χ1v) is 26.3. The molecule has 362 valence electrons. The van der Waals surface area contributed by atoms with Gasteiger partial charge < -0.3 is 34.0 Å². The molecule has 67 heavy (non-hydrogen) atoms. The number of hydrogen-bond donors (Lipinski definition) is 2. The monoisotopic (exact) mass is 958 g/mol. The van der Waals surface area contributed by atoms with Gasteiger partial charge in [-0.05, 0) is 93.5 Å². The molecule has 3 saturated heterocycles. The van der Waals surface area contributed by atoms with Crippen molar-refractivity contribution >= 4 is 56.2 Å². The lowest BCUT2D eigenvalue weighted by atomic mass is 9.79. The lowest BCUT2D eigenvalue weighted by Crippen LogP contribution is -2.69. The zero-order valence-electron chi connectivity index (χ0n) is 40.1. The third kappa shape index (κ3) is 9.52. The maximum atomic E-state index is 14.8.